The van der Waals surface area contributed by atoms with Crippen LogP contribution in [0.5, 0.6) is 23.0 Å². The van der Waals surface area contributed by atoms with Crippen LogP contribution in [0.2, 0.25) is 10.0 Å². The Labute approximate surface area is 214 Å². The number of amides is 1. The number of carbonyl (C=O) groups excluding carboxylic acids is 1. The lowest BCUT2D eigenvalue weighted by molar-refractivity contribution is 0.102. The number of para-hydroxylation sites is 2. The molecule has 1 amide bonds. The van der Waals surface area contributed by atoms with Crippen molar-refractivity contribution in [1.82, 2.24) is 0 Å². The molecule has 0 aliphatic carbocycles. The third-order valence-electron chi connectivity index (χ3n) is 5.00. The Hall–Kier alpha value is -3.67. The highest BCUT2D eigenvalue weighted by molar-refractivity contribution is 6.32. The van der Waals surface area contributed by atoms with Crippen molar-refractivity contribution in [1.29, 1.82) is 0 Å². The number of hydrogen-bond donors (Lipinski definition) is 1. The molecule has 0 spiro atoms. The second-order valence-electron chi connectivity index (χ2n) is 7.48. The van der Waals surface area contributed by atoms with Crippen LogP contribution in [0.15, 0.2) is 91.0 Å². The van der Waals surface area contributed by atoms with Crippen molar-refractivity contribution in [2.45, 2.75) is 13.5 Å². The summed E-state index contributed by atoms with van der Waals surface area (Å²) in [6.07, 6.45) is 0. The molecule has 0 atom stereocenters. The second kappa shape index (κ2) is 11.6. The van der Waals surface area contributed by atoms with E-state index >= 15 is 0 Å². The first-order valence-corrected chi connectivity index (χ1v) is 11.8. The van der Waals surface area contributed by atoms with Crippen molar-refractivity contribution >= 4 is 34.8 Å². The van der Waals surface area contributed by atoms with Crippen LogP contribution in [-0.4, -0.2) is 12.5 Å². The van der Waals surface area contributed by atoms with Gasteiger partial charge in [0.2, 0.25) is 0 Å². The lowest BCUT2D eigenvalue weighted by Gasteiger charge is -2.15. The maximum absolute atomic E-state index is 13.2. The number of ether oxygens (including phenoxy) is 3. The number of carbonyl (C=O) groups is 1. The van der Waals surface area contributed by atoms with Gasteiger partial charge in [-0.25, -0.2) is 0 Å². The highest BCUT2D eigenvalue weighted by Gasteiger charge is 2.15. The zero-order valence-corrected chi connectivity index (χ0v) is 20.5. The number of benzene rings is 4. The van der Waals surface area contributed by atoms with Crippen molar-refractivity contribution < 1.29 is 19.0 Å². The zero-order chi connectivity index (χ0) is 24.6. The summed E-state index contributed by atoms with van der Waals surface area (Å²) in [6.45, 7) is 2.56. The van der Waals surface area contributed by atoms with Crippen LogP contribution >= 0.6 is 23.2 Å². The van der Waals surface area contributed by atoms with Gasteiger partial charge in [0.15, 0.2) is 5.75 Å². The molecule has 0 fully saturated rings. The molecule has 0 radical (unpaired) electrons. The highest BCUT2D eigenvalue weighted by atomic mass is 35.5. The molecule has 4 rings (SSSR count). The predicted molar refractivity (Wildman–Crippen MR) is 139 cm³/mol. The van der Waals surface area contributed by atoms with Crippen molar-refractivity contribution in [3.05, 3.63) is 112 Å². The SMILES string of the molecule is CCOc1ccc(C(=O)Nc2cc(Cl)ccc2Oc2ccccc2)cc1COc1ccccc1Cl. The maximum Gasteiger partial charge on any atom is 0.255 e. The van der Waals surface area contributed by atoms with E-state index in [2.05, 4.69) is 5.32 Å². The van der Waals surface area contributed by atoms with Crippen molar-refractivity contribution in [2.24, 2.45) is 0 Å². The summed E-state index contributed by atoms with van der Waals surface area (Å²) < 4.78 is 17.6. The van der Waals surface area contributed by atoms with Crippen molar-refractivity contribution in [3.8, 4) is 23.0 Å². The van der Waals surface area contributed by atoms with Gasteiger partial charge >= 0.3 is 0 Å². The molecule has 0 aromatic heterocycles. The molecule has 1 N–H and O–H groups in total. The molecule has 35 heavy (non-hydrogen) atoms. The lowest BCUT2D eigenvalue weighted by Crippen LogP contribution is -2.13. The van der Waals surface area contributed by atoms with Crippen LogP contribution in [-0.2, 0) is 6.61 Å². The molecule has 0 aliphatic rings. The summed E-state index contributed by atoms with van der Waals surface area (Å²) in [5, 5.41) is 3.88. The van der Waals surface area contributed by atoms with Crippen LogP contribution in [0.4, 0.5) is 5.69 Å². The van der Waals surface area contributed by atoms with Crippen LogP contribution < -0.4 is 19.5 Å². The second-order valence-corrected chi connectivity index (χ2v) is 8.33. The molecule has 0 saturated carbocycles. The molecule has 178 valence electrons. The molecule has 0 unspecified atom stereocenters. The smallest absolute Gasteiger partial charge is 0.255 e. The normalized spacial score (nSPS) is 10.5. The van der Waals surface area contributed by atoms with Crippen molar-refractivity contribution in [3.63, 3.8) is 0 Å². The fourth-order valence-corrected chi connectivity index (χ4v) is 3.71. The lowest BCUT2D eigenvalue weighted by atomic mass is 10.1. The Morgan fingerprint density at radius 1 is 0.800 bits per heavy atom. The molecule has 4 aromatic carbocycles. The predicted octanol–water partition coefficient (Wildman–Crippen LogP) is 8.02. The van der Waals surface area contributed by atoms with Crippen molar-refractivity contribution in [2.75, 3.05) is 11.9 Å². The average Bonchev–Trinajstić information content (AvgIpc) is 2.86. The van der Waals surface area contributed by atoms with E-state index in [9.17, 15) is 4.79 Å². The maximum atomic E-state index is 13.2. The van der Waals surface area contributed by atoms with Gasteiger partial charge in [0.1, 0.15) is 23.9 Å². The van der Waals surface area contributed by atoms with Crippen LogP contribution in [0.25, 0.3) is 0 Å². The molecular weight excluding hydrogens is 485 g/mol. The number of anilines is 1. The fourth-order valence-electron chi connectivity index (χ4n) is 3.35. The zero-order valence-electron chi connectivity index (χ0n) is 19.0. The third-order valence-corrected chi connectivity index (χ3v) is 5.55. The summed E-state index contributed by atoms with van der Waals surface area (Å²) in [5.41, 5.74) is 1.59. The van der Waals surface area contributed by atoms with Gasteiger partial charge in [0, 0.05) is 16.1 Å². The summed E-state index contributed by atoms with van der Waals surface area (Å²) in [5.74, 6) is 1.97. The first-order chi connectivity index (χ1) is 17.0. The van der Waals surface area contributed by atoms with Gasteiger partial charge < -0.3 is 19.5 Å². The largest absolute Gasteiger partial charge is 0.493 e. The molecule has 7 heteroatoms. The quantitative estimate of drug-likeness (QED) is 0.249. The Balaban J connectivity index is 1.56. The Morgan fingerprint density at radius 3 is 2.31 bits per heavy atom. The van der Waals surface area contributed by atoms with Gasteiger partial charge in [-0.3, -0.25) is 4.79 Å². The molecule has 4 aromatic rings. The fraction of sp³-hybridized carbons (Fsp3) is 0.107. The van der Waals surface area contributed by atoms with Crippen LogP contribution in [0, 0.1) is 0 Å². The Morgan fingerprint density at radius 2 is 1.54 bits per heavy atom. The Kier molecular flexibility index (Phi) is 8.14. The number of hydrogen-bond acceptors (Lipinski definition) is 4. The molecular formula is C28H23Cl2NO4. The molecule has 0 saturated heterocycles. The summed E-state index contributed by atoms with van der Waals surface area (Å²) in [6, 6.07) is 26.8. The monoisotopic (exact) mass is 507 g/mol. The molecule has 5 nitrogen and oxygen atoms in total. The van der Waals surface area contributed by atoms with E-state index in [1.807, 2.05) is 49.4 Å². The minimum atomic E-state index is -0.327. The summed E-state index contributed by atoms with van der Waals surface area (Å²) >= 11 is 12.4. The van der Waals surface area contributed by atoms with E-state index < -0.39 is 0 Å². The standard InChI is InChI=1S/C28H23Cl2NO4/c1-2-33-25-14-12-19(16-20(25)18-34-26-11-7-6-10-23(26)30)28(32)31-24-17-21(29)13-15-27(24)35-22-8-4-3-5-9-22/h3-17H,2,18H2,1H3,(H,31,32). The van der Waals surface area contributed by atoms with Crippen LogP contribution in [0.1, 0.15) is 22.8 Å². The van der Waals surface area contributed by atoms with E-state index in [0.717, 1.165) is 0 Å². The summed E-state index contributed by atoms with van der Waals surface area (Å²) in [7, 11) is 0. The third kappa shape index (κ3) is 6.47. The first kappa shape index (κ1) is 24.5. The summed E-state index contributed by atoms with van der Waals surface area (Å²) in [4.78, 5) is 13.2. The average molecular weight is 508 g/mol. The van der Waals surface area contributed by atoms with E-state index in [1.165, 1.54) is 0 Å². The van der Waals surface area contributed by atoms with Gasteiger partial charge in [-0.05, 0) is 67.6 Å². The van der Waals surface area contributed by atoms with E-state index in [1.54, 1.807) is 48.5 Å². The number of rotatable bonds is 9. The van der Waals surface area contributed by atoms with Gasteiger partial charge in [0.05, 0.1) is 17.3 Å². The number of nitrogens with one attached hydrogen (secondary N) is 1. The Bertz CT molecular complexity index is 1310. The van der Waals surface area contributed by atoms with E-state index in [-0.39, 0.29) is 12.5 Å². The molecule has 0 bridgehead atoms. The van der Waals surface area contributed by atoms with Gasteiger partial charge in [-0.15, -0.1) is 0 Å². The topological polar surface area (TPSA) is 56.8 Å². The van der Waals surface area contributed by atoms with Crippen LogP contribution in [0.3, 0.4) is 0 Å². The number of halogens is 2. The van der Waals surface area contributed by atoms with Gasteiger partial charge in [0.25, 0.3) is 5.91 Å². The van der Waals surface area contributed by atoms with Gasteiger partial charge in [-0.2, -0.15) is 0 Å². The minimum absolute atomic E-state index is 0.180. The van der Waals surface area contributed by atoms with E-state index in [0.29, 0.717) is 56.5 Å². The molecule has 0 heterocycles. The highest BCUT2D eigenvalue weighted by Crippen LogP contribution is 2.33. The molecule has 0 aliphatic heterocycles. The van der Waals surface area contributed by atoms with Gasteiger partial charge in [-0.1, -0.05) is 53.5 Å². The minimum Gasteiger partial charge on any atom is -0.493 e. The van der Waals surface area contributed by atoms with E-state index in [4.69, 9.17) is 37.4 Å². The first-order valence-electron chi connectivity index (χ1n) is 11.0.